The Morgan fingerprint density at radius 2 is 2.24 bits per heavy atom. The normalized spacial score (nSPS) is 20.7. The third-order valence-corrected chi connectivity index (χ3v) is 3.06. The first-order valence-corrected chi connectivity index (χ1v) is 5.97. The monoisotopic (exact) mass is 240 g/mol. The first kappa shape index (κ1) is 13.5. The molecule has 2 unspecified atom stereocenters. The highest BCUT2D eigenvalue weighted by Gasteiger charge is 2.25. The lowest BCUT2D eigenvalue weighted by atomic mass is 10.0. The van der Waals surface area contributed by atoms with Crippen molar-refractivity contribution in [1.82, 2.24) is 10.2 Å². The van der Waals surface area contributed by atoms with E-state index in [1.54, 1.807) is 6.92 Å². The Bertz CT molecular complexity index is 315. The van der Waals surface area contributed by atoms with Crippen molar-refractivity contribution in [1.29, 1.82) is 0 Å². The van der Waals surface area contributed by atoms with Gasteiger partial charge in [0.05, 0.1) is 0 Å². The minimum absolute atomic E-state index is 0.126. The Hall–Kier alpha value is -1.52. The minimum atomic E-state index is -0.964. The Morgan fingerprint density at radius 3 is 2.71 bits per heavy atom. The third kappa shape index (κ3) is 3.76. The molecular formula is C12H20N2O3. The van der Waals surface area contributed by atoms with Gasteiger partial charge >= 0.3 is 12.0 Å². The van der Waals surface area contributed by atoms with Crippen LogP contribution in [-0.2, 0) is 4.79 Å². The molecule has 0 heterocycles. The molecule has 0 saturated carbocycles. The summed E-state index contributed by atoms with van der Waals surface area (Å²) in [5.41, 5.74) is 0. The standard InChI is InChI=1S/C12H20N2O3/c1-3-10(11(15)16)14(2)12(17)13-9-7-5-4-6-8-9/h4-5,9-10H,3,6-8H2,1-2H3,(H,13,17)(H,15,16). The first-order valence-electron chi connectivity index (χ1n) is 5.97. The number of carbonyl (C=O) groups excluding carboxylic acids is 1. The molecule has 0 aromatic rings. The summed E-state index contributed by atoms with van der Waals surface area (Å²) in [5.74, 6) is -0.964. The van der Waals surface area contributed by atoms with Gasteiger partial charge in [0.2, 0.25) is 0 Å². The molecule has 0 spiro atoms. The van der Waals surface area contributed by atoms with Crippen molar-refractivity contribution in [3.63, 3.8) is 0 Å². The zero-order valence-corrected chi connectivity index (χ0v) is 10.3. The van der Waals surface area contributed by atoms with Crippen LogP contribution in [0.2, 0.25) is 0 Å². The predicted molar refractivity (Wildman–Crippen MR) is 64.8 cm³/mol. The second-order valence-corrected chi connectivity index (χ2v) is 4.30. The van der Waals surface area contributed by atoms with E-state index in [-0.39, 0.29) is 12.1 Å². The molecule has 17 heavy (non-hydrogen) atoms. The van der Waals surface area contributed by atoms with Gasteiger partial charge in [-0.1, -0.05) is 19.1 Å². The molecule has 0 radical (unpaired) electrons. The van der Waals surface area contributed by atoms with Crippen LogP contribution in [0.4, 0.5) is 4.79 Å². The van der Waals surface area contributed by atoms with Crippen LogP contribution in [0.5, 0.6) is 0 Å². The topological polar surface area (TPSA) is 69.6 Å². The highest BCUT2D eigenvalue weighted by atomic mass is 16.4. The number of carbonyl (C=O) groups is 2. The van der Waals surface area contributed by atoms with Crippen molar-refractivity contribution in [2.45, 2.75) is 44.7 Å². The summed E-state index contributed by atoms with van der Waals surface area (Å²) < 4.78 is 0. The summed E-state index contributed by atoms with van der Waals surface area (Å²) in [6.45, 7) is 1.76. The number of nitrogens with zero attached hydrogens (tertiary/aromatic N) is 1. The number of carboxylic acid groups (broad SMARTS) is 1. The van der Waals surface area contributed by atoms with E-state index in [0.29, 0.717) is 6.42 Å². The Kier molecular flexibility index (Phi) is 5.00. The first-order chi connectivity index (χ1) is 8.06. The molecule has 0 saturated heterocycles. The van der Waals surface area contributed by atoms with Gasteiger partial charge in [-0.05, 0) is 25.7 Å². The fourth-order valence-electron chi connectivity index (χ4n) is 1.96. The maximum absolute atomic E-state index is 11.8. The summed E-state index contributed by atoms with van der Waals surface area (Å²) in [4.78, 5) is 24.0. The molecule has 0 bridgehead atoms. The SMILES string of the molecule is CCC(C(=O)O)N(C)C(=O)NC1CC=CCC1. The Labute approximate surface area is 101 Å². The number of carboxylic acids is 1. The zero-order valence-electron chi connectivity index (χ0n) is 10.3. The van der Waals surface area contributed by atoms with Crippen molar-refractivity contribution < 1.29 is 14.7 Å². The molecule has 5 heteroatoms. The van der Waals surface area contributed by atoms with Gasteiger partial charge in [-0.3, -0.25) is 0 Å². The number of hydrogen-bond donors (Lipinski definition) is 2. The van der Waals surface area contributed by atoms with E-state index in [1.807, 2.05) is 6.08 Å². The van der Waals surface area contributed by atoms with Crippen LogP contribution in [0.3, 0.4) is 0 Å². The number of urea groups is 1. The van der Waals surface area contributed by atoms with Crippen LogP contribution in [0.1, 0.15) is 32.6 Å². The molecule has 1 aliphatic rings. The Morgan fingerprint density at radius 1 is 1.53 bits per heavy atom. The molecule has 0 fully saturated rings. The molecule has 96 valence electrons. The second kappa shape index (κ2) is 6.27. The quantitative estimate of drug-likeness (QED) is 0.733. The molecule has 1 aliphatic carbocycles. The third-order valence-electron chi connectivity index (χ3n) is 3.06. The highest BCUT2D eigenvalue weighted by Crippen LogP contribution is 2.11. The minimum Gasteiger partial charge on any atom is -0.480 e. The largest absolute Gasteiger partial charge is 0.480 e. The summed E-state index contributed by atoms with van der Waals surface area (Å²) in [7, 11) is 1.52. The number of rotatable bonds is 4. The molecule has 2 amide bonds. The van der Waals surface area contributed by atoms with Crippen LogP contribution in [-0.4, -0.2) is 41.1 Å². The molecule has 0 aromatic heterocycles. The number of allylic oxidation sites excluding steroid dienone is 1. The average Bonchev–Trinajstić information content (AvgIpc) is 2.30. The molecule has 2 N–H and O–H groups in total. The van der Waals surface area contributed by atoms with Gasteiger partial charge in [-0.25, -0.2) is 9.59 Å². The van der Waals surface area contributed by atoms with E-state index in [4.69, 9.17) is 5.11 Å². The smallest absolute Gasteiger partial charge is 0.326 e. The molecule has 5 nitrogen and oxygen atoms in total. The second-order valence-electron chi connectivity index (χ2n) is 4.30. The van der Waals surface area contributed by atoms with Gasteiger partial charge in [0, 0.05) is 13.1 Å². The van der Waals surface area contributed by atoms with Crippen molar-refractivity contribution >= 4 is 12.0 Å². The fourth-order valence-corrected chi connectivity index (χ4v) is 1.96. The lowest BCUT2D eigenvalue weighted by Crippen LogP contribution is -2.49. The number of likely N-dealkylation sites (N-methyl/N-ethyl adjacent to an activating group) is 1. The highest BCUT2D eigenvalue weighted by molar-refractivity contribution is 5.82. The Balaban J connectivity index is 2.50. The lowest BCUT2D eigenvalue weighted by molar-refractivity contribution is -0.141. The van der Waals surface area contributed by atoms with Gasteiger partial charge in [0.1, 0.15) is 6.04 Å². The van der Waals surface area contributed by atoms with Gasteiger partial charge < -0.3 is 15.3 Å². The summed E-state index contributed by atoms with van der Waals surface area (Å²) in [6.07, 6.45) is 7.25. The van der Waals surface area contributed by atoms with Crippen LogP contribution in [0.25, 0.3) is 0 Å². The van der Waals surface area contributed by atoms with Crippen molar-refractivity contribution in [3.8, 4) is 0 Å². The fraction of sp³-hybridized carbons (Fsp3) is 0.667. The number of aliphatic carboxylic acids is 1. The van der Waals surface area contributed by atoms with E-state index >= 15 is 0 Å². The van der Waals surface area contributed by atoms with E-state index in [2.05, 4.69) is 11.4 Å². The molecule has 1 rings (SSSR count). The predicted octanol–water partition coefficient (Wildman–Crippen LogP) is 1.60. The van der Waals surface area contributed by atoms with Crippen molar-refractivity contribution in [2.24, 2.45) is 0 Å². The van der Waals surface area contributed by atoms with Crippen molar-refractivity contribution in [3.05, 3.63) is 12.2 Å². The maximum atomic E-state index is 11.8. The number of nitrogens with one attached hydrogen (secondary N) is 1. The maximum Gasteiger partial charge on any atom is 0.326 e. The van der Waals surface area contributed by atoms with E-state index < -0.39 is 12.0 Å². The summed E-state index contributed by atoms with van der Waals surface area (Å²) in [6, 6.07) is -0.935. The number of hydrogen-bond acceptors (Lipinski definition) is 2. The van der Waals surface area contributed by atoms with Gasteiger partial charge in [-0.15, -0.1) is 0 Å². The molecule has 0 aliphatic heterocycles. The zero-order chi connectivity index (χ0) is 12.8. The van der Waals surface area contributed by atoms with Gasteiger partial charge in [0.25, 0.3) is 0 Å². The molecule has 0 aromatic carbocycles. The average molecular weight is 240 g/mol. The molecular weight excluding hydrogens is 220 g/mol. The van der Waals surface area contributed by atoms with E-state index in [0.717, 1.165) is 19.3 Å². The van der Waals surface area contributed by atoms with E-state index in [1.165, 1.54) is 11.9 Å². The van der Waals surface area contributed by atoms with Crippen LogP contribution in [0.15, 0.2) is 12.2 Å². The summed E-state index contributed by atoms with van der Waals surface area (Å²) in [5, 5.41) is 11.8. The lowest BCUT2D eigenvalue weighted by Gasteiger charge is -2.27. The van der Waals surface area contributed by atoms with Crippen LogP contribution in [0, 0.1) is 0 Å². The number of amides is 2. The van der Waals surface area contributed by atoms with Crippen molar-refractivity contribution in [2.75, 3.05) is 7.05 Å². The molecule has 2 atom stereocenters. The van der Waals surface area contributed by atoms with Gasteiger partial charge in [0.15, 0.2) is 0 Å². The van der Waals surface area contributed by atoms with E-state index in [9.17, 15) is 9.59 Å². The van der Waals surface area contributed by atoms with Crippen LogP contribution < -0.4 is 5.32 Å². The van der Waals surface area contributed by atoms with Crippen LogP contribution >= 0.6 is 0 Å². The van der Waals surface area contributed by atoms with Gasteiger partial charge in [-0.2, -0.15) is 0 Å². The summed E-state index contributed by atoms with van der Waals surface area (Å²) >= 11 is 0.